The first-order valence-corrected chi connectivity index (χ1v) is 13.4. The van der Waals surface area contributed by atoms with Crippen molar-refractivity contribution in [3.05, 3.63) is 77.9 Å². The van der Waals surface area contributed by atoms with Crippen LogP contribution in [0.5, 0.6) is 17.2 Å². The number of benzene rings is 2. The number of carbonyl (C=O) groups is 3. The second-order valence-corrected chi connectivity index (χ2v) is 9.03. The number of ether oxygens (including phenoxy) is 5. The highest BCUT2D eigenvalue weighted by molar-refractivity contribution is 5.87. The molecular weight excluding hydrogens is 528 g/mol. The lowest BCUT2D eigenvalue weighted by Crippen LogP contribution is -2.06. The van der Waals surface area contributed by atoms with E-state index in [0.29, 0.717) is 49.1 Å². The molecule has 0 unspecified atom stereocenters. The number of aliphatic carboxylic acids is 1. The van der Waals surface area contributed by atoms with Crippen LogP contribution in [0.1, 0.15) is 50.2 Å². The molecule has 9 heteroatoms. The summed E-state index contributed by atoms with van der Waals surface area (Å²) in [5.74, 6) is 0.00323. The topological polar surface area (TPSA) is 118 Å². The normalized spacial score (nSPS) is 10.9. The van der Waals surface area contributed by atoms with Crippen molar-refractivity contribution in [3.63, 3.8) is 0 Å². The minimum atomic E-state index is -1.00. The highest BCUT2D eigenvalue weighted by Gasteiger charge is 2.06. The Morgan fingerprint density at radius 3 is 2.07 bits per heavy atom. The van der Waals surface area contributed by atoms with Gasteiger partial charge < -0.3 is 28.8 Å². The highest BCUT2D eigenvalue weighted by atomic mass is 16.5. The van der Waals surface area contributed by atoms with E-state index in [9.17, 15) is 14.4 Å². The van der Waals surface area contributed by atoms with Crippen molar-refractivity contribution < 1.29 is 43.2 Å². The summed E-state index contributed by atoms with van der Waals surface area (Å²) in [5.41, 5.74) is 1.92. The van der Waals surface area contributed by atoms with Crippen LogP contribution in [-0.4, -0.2) is 56.6 Å². The minimum Gasteiger partial charge on any atom is -0.493 e. The van der Waals surface area contributed by atoms with Gasteiger partial charge in [-0.05, 0) is 80.2 Å². The minimum absolute atomic E-state index is 0.207. The fourth-order valence-corrected chi connectivity index (χ4v) is 3.41. The van der Waals surface area contributed by atoms with Crippen LogP contribution in [0.25, 0.3) is 12.2 Å². The molecule has 0 heterocycles. The van der Waals surface area contributed by atoms with Gasteiger partial charge in [0.05, 0.1) is 33.5 Å². The summed E-state index contributed by atoms with van der Waals surface area (Å²) in [6.45, 7) is 6.68. The molecule has 220 valence electrons. The summed E-state index contributed by atoms with van der Waals surface area (Å²) in [4.78, 5) is 34.0. The lowest BCUT2D eigenvalue weighted by atomic mass is 10.2. The van der Waals surface area contributed by atoms with Crippen LogP contribution in [0.4, 0.5) is 0 Å². The van der Waals surface area contributed by atoms with E-state index in [2.05, 4.69) is 6.58 Å². The molecule has 0 amide bonds. The van der Waals surface area contributed by atoms with Crippen molar-refractivity contribution in [2.24, 2.45) is 0 Å². The molecule has 0 saturated carbocycles. The Bertz CT molecular complexity index is 1200. The van der Waals surface area contributed by atoms with Crippen LogP contribution in [-0.2, 0) is 23.9 Å². The van der Waals surface area contributed by atoms with Gasteiger partial charge in [-0.3, -0.25) is 0 Å². The molecule has 2 rings (SSSR count). The van der Waals surface area contributed by atoms with Crippen molar-refractivity contribution in [2.75, 3.05) is 33.5 Å². The molecular formula is C32H38O9. The summed E-state index contributed by atoms with van der Waals surface area (Å²) >= 11 is 0. The second kappa shape index (κ2) is 18.7. The van der Waals surface area contributed by atoms with E-state index in [0.717, 1.165) is 42.9 Å². The van der Waals surface area contributed by atoms with Crippen LogP contribution in [0.15, 0.2) is 66.8 Å². The Labute approximate surface area is 241 Å². The molecule has 0 bridgehead atoms. The van der Waals surface area contributed by atoms with Gasteiger partial charge in [0.25, 0.3) is 0 Å². The SMILES string of the molecule is C=C(C)C(=O)OCCCCCCOc1ccc(/C=C/C(=O)OCCCOc2ccc(/C=C/C(=O)O)cc2)cc1OC. The zero-order valence-corrected chi connectivity index (χ0v) is 23.6. The number of carbonyl (C=O) groups excluding carboxylic acids is 2. The molecule has 9 nitrogen and oxygen atoms in total. The van der Waals surface area contributed by atoms with E-state index >= 15 is 0 Å². The monoisotopic (exact) mass is 566 g/mol. The van der Waals surface area contributed by atoms with Crippen LogP contribution in [0.3, 0.4) is 0 Å². The fourth-order valence-electron chi connectivity index (χ4n) is 3.41. The summed E-state index contributed by atoms with van der Waals surface area (Å²) in [6.07, 6.45) is 9.61. The van der Waals surface area contributed by atoms with Gasteiger partial charge >= 0.3 is 17.9 Å². The van der Waals surface area contributed by atoms with Crippen molar-refractivity contribution in [2.45, 2.75) is 39.0 Å². The van der Waals surface area contributed by atoms with Crippen molar-refractivity contribution in [1.29, 1.82) is 0 Å². The van der Waals surface area contributed by atoms with E-state index in [4.69, 9.17) is 28.8 Å². The second-order valence-electron chi connectivity index (χ2n) is 9.03. The molecule has 41 heavy (non-hydrogen) atoms. The van der Waals surface area contributed by atoms with Gasteiger partial charge in [-0.2, -0.15) is 0 Å². The Hall–Kier alpha value is -4.53. The third-order valence-corrected chi connectivity index (χ3v) is 5.58. The average Bonchev–Trinajstić information content (AvgIpc) is 2.96. The zero-order valence-electron chi connectivity index (χ0n) is 23.6. The van der Waals surface area contributed by atoms with Gasteiger partial charge in [0, 0.05) is 24.1 Å². The fraction of sp³-hybridized carbons (Fsp3) is 0.344. The number of unbranched alkanes of at least 4 members (excludes halogenated alkanes) is 3. The third kappa shape index (κ3) is 13.9. The molecule has 0 spiro atoms. The third-order valence-electron chi connectivity index (χ3n) is 5.58. The summed E-state index contributed by atoms with van der Waals surface area (Å²) in [6, 6.07) is 12.4. The van der Waals surface area contributed by atoms with Crippen molar-refractivity contribution in [1.82, 2.24) is 0 Å². The molecule has 0 aliphatic heterocycles. The van der Waals surface area contributed by atoms with Crippen LogP contribution >= 0.6 is 0 Å². The van der Waals surface area contributed by atoms with Crippen LogP contribution < -0.4 is 14.2 Å². The van der Waals surface area contributed by atoms with Gasteiger partial charge in [-0.1, -0.05) is 24.8 Å². The van der Waals surface area contributed by atoms with Gasteiger partial charge in [0.15, 0.2) is 11.5 Å². The van der Waals surface area contributed by atoms with Gasteiger partial charge in [-0.15, -0.1) is 0 Å². The largest absolute Gasteiger partial charge is 0.493 e. The molecule has 0 radical (unpaired) electrons. The maximum Gasteiger partial charge on any atom is 0.333 e. The van der Waals surface area contributed by atoms with E-state index in [-0.39, 0.29) is 12.6 Å². The maximum atomic E-state index is 12.1. The average molecular weight is 567 g/mol. The summed E-state index contributed by atoms with van der Waals surface area (Å²) in [7, 11) is 1.56. The van der Waals surface area contributed by atoms with Crippen molar-refractivity contribution in [3.8, 4) is 17.2 Å². The van der Waals surface area contributed by atoms with E-state index in [1.54, 1.807) is 56.5 Å². The molecule has 0 aromatic heterocycles. The smallest absolute Gasteiger partial charge is 0.333 e. The first kappa shape index (κ1) is 32.7. The van der Waals surface area contributed by atoms with Crippen LogP contribution in [0.2, 0.25) is 0 Å². The molecule has 2 aromatic rings. The number of hydrogen-bond acceptors (Lipinski definition) is 8. The summed E-state index contributed by atoms with van der Waals surface area (Å²) < 4.78 is 27.2. The Balaban J connectivity index is 1.64. The number of esters is 2. The number of carboxylic acid groups (broad SMARTS) is 1. The highest BCUT2D eigenvalue weighted by Crippen LogP contribution is 2.29. The lowest BCUT2D eigenvalue weighted by Gasteiger charge is -2.11. The van der Waals surface area contributed by atoms with Crippen molar-refractivity contribution >= 4 is 30.1 Å². The molecule has 1 N–H and O–H groups in total. The summed E-state index contributed by atoms with van der Waals surface area (Å²) in [5, 5.41) is 8.66. The first-order chi connectivity index (χ1) is 19.8. The van der Waals surface area contributed by atoms with Gasteiger partial charge in [-0.25, -0.2) is 14.4 Å². The molecule has 0 atom stereocenters. The number of carboxylic acids is 1. The predicted molar refractivity (Wildman–Crippen MR) is 156 cm³/mol. The quantitative estimate of drug-likeness (QED) is 0.126. The first-order valence-electron chi connectivity index (χ1n) is 13.4. The Morgan fingerprint density at radius 2 is 1.39 bits per heavy atom. The molecule has 0 saturated heterocycles. The molecule has 0 aliphatic carbocycles. The van der Waals surface area contributed by atoms with Gasteiger partial charge in [0.1, 0.15) is 5.75 Å². The van der Waals surface area contributed by atoms with Gasteiger partial charge in [0.2, 0.25) is 0 Å². The molecule has 0 fully saturated rings. The van der Waals surface area contributed by atoms with E-state index in [1.165, 1.54) is 12.2 Å². The maximum absolute atomic E-state index is 12.1. The Kier molecular flexibility index (Phi) is 14.9. The predicted octanol–water partition coefficient (Wildman–Crippen LogP) is 5.88. The number of hydrogen-bond donors (Lipinski definition) is 1. The number of methoxy groups -OCH3 is 1. The zero-order chi connectivity index (χ0) is 29.9. The van der Waals surface area contributed by atoms with E-state index in [1.807, 2.05) is 6.07 Å². The standard InChI is InChI=1S/C32H38O9/c1-24(2)32(36)41-20-7-5-4-6-19-39-28-16-11-26(23-29(28)37-3)13-18-31(35)40-22-8-21-38-27-14-9-25(10-15-27)12-17-30(33)34/h9-18,23H,1,4-8,19-22H2,2-3H3,(H,33,34)/b17-12+,18-13+. The molecule has 2 aromatic carbocycles. The number of rotatable bonds is 19. The van der Waals surface area contributed by atoms with E-state index < -0.39 is 11.9 Å². The Morgan fingerprint density at radius 1 is 0.756 bits per heavy atom. The van der Waals surface area contributed by atoms with Crippen LogP contribution in [0, 0.1) is 0 Å². The molecule has 0 aliphatic rings. The lowest BCUT2D eigenvalue weighted by molar-refractivity contribution is -0.139.